The van der Waals surface area contributed by atoms with Crippen LogP contribution in [0.15, 0.2) is 22.7 Å². The molecule has 0 spiro atoms. The predicted octanol–water partition coefficient (Wildman–Crippen LogP) is 4.39. The van der Waals surface area contributed by atoms with Gasteiger partial charge in [0.2, 0.25) is 0 Å². The Labute approximate surface area is 162 Å². The normalized spacial score (nSPS) is 11.0. The Hall–Kier alpha value is -1.71. The van der Waals surface area contributed by atoms with Crippen molar-refractivity contribution in [2.45, 2.75) is 20.1 Å². The number of benzene rings is 1. The molecule has 26 heavy (non-hydrogen) atoms. The highest BCUT2D eigenvalue weighted by Crippen LogP contribution is 2.39. The summed E-state index contributed by atoms with van der Waals surface area (Å²) in [5.74, 6) is -0.811. The van der Waals surface area contributed by atoms with E-state index in [9.17, 15) is 13.6 Å². The van der Waals surface area contributed by atoms with Gasteiger partial charge in [-0.15, -0.1) is 0 Å². The fourth-order valence-corrected chi connectivity index (χ4v) is 2.91. The predicted molar refractivity (Wildman–Crippen MR) is 94.8 cm³/mol. The average Bonchev–Trinajstić information content (AvgIpc) is 2.89. The molecule has 0 radical (unpaired) electrons. The van der Waals surface area contributed by atoms with E-state index < -0.39 is 12.6 Å². The number of rotatable bonds is 8. The van der Waals surface area contributed by atoms with Gasteiger partial charge in [0.25, 0.3) is 0 Å². The molecule has 1 aromatic carbocycles. The van der Waals surface area contributed by atoms with Crippen LogP contribution in [0.4, 0.5) is 8.78 Å². The van der Waals surface area contributed by atoms with Gasteiger partial charge in [-0.1, -0.05) is 27.5 Å². The maximum absolute atomic E-state index is 12.8. The second kappa shape index (κ2) is 9.29. The zero-order valence-corrected chi connectivity index (χ0v) is 16.3. The minimum absolute atomic E-state index is 0.0130. The fraction of sp³-hybridized carbons (Fsp3) is 0.375. The molecule has 0 bridgehead atoms. The number of esters is 1. The van der Waals surface area contributed by atoms with Crippen molar-refractivity contribution in [1.82, 2.24) is 9.78 Å². The van der Waals surface area contributed by atoms with Gasteiger partial charge in [0.05, 0.1) is 25.5 Å². The van der Waals surface area contributed by atoms with Crippen LogP contribution in [0.1, 0.15) is 17.4 Å². The lowest BCUT2D eigenvalue weighted by molar-refractivity contribution is -0.0495. The van der Waals surface area contributed by atoms with Gasteiger partial charge in [0.15, 0.2) is 5.69 Å². The van der Waals surface area contributed by atoms with Crippen molar-refractivity contribution < 1.29 is 27.8 Å². The van der Waals surface area contributed by atoms with Crippen LogP contribution in [-0.4, -0.2) is 42.7 Å². The summed E-state index contributed by atoms with van der Waals surface area (Å²) >= 11 is 9.55. The number of carbonyl (C=O) groups is 1. The average molecular weight is 454 g/mol. The number of hydrogen-bond donors (Lipinski definition) is 0. The molecule has 0 atom stereocenters. The second-order valence-electron chi connectivity index (χ2n) is 4.97. The van der Waals surface area contributed by atoms with Gasteiger partial charge in [-0.25, -0.2) is 4.79 Å². The number of carbonyl (C=O) groups excluding carboxylic acids is 1. The van der Waals surface area contributed by atoms with Crippen molar-refractivity contribution >= 4 is 33.5 Å². The lowest BCUT2D eigenvalue weighted by Crippen LogP contribution is -2.11. The van der Waals surface area contributed by atoms with Crippen LogP contribution in [0.5, 0.6) is 5.75 Å². The first-order chi connectivity index (χ1) is 12.4. The smallest absolute Gasteiger partial charge is 0.387 e. The molecule has 0 aliphatic carbocycles. The van der Waals surface area contributed by atoms with E-state index in [2.05, 4.69) is 25.8 Å². The number of ether oxygens (including phenoxy) is 3. The highest BCUT2D eigenvalue weighted by molar-refractivity contribution is 9.10. The van der Waals surface area contributed by atoms with Crippen molar-refractivity contribution in [3.05, 3.63) is 33.4 Å². The molecule has 0 amide bonds. The Bertz CT molecular complexity index is 786. The molecule has 2 aromatic rings. The number of nitrogens with zero attached hydrogens (tertiary/aromatic N) is 2. The number of aromatic nitrogens is 2. The Morgan fingerprint density at radius 1 is 1.42 bits per heavy atom. The van der Waals surface area contributed by atoms with Crippen molar-refractivity contribution in [3.8, 4) is 17.0 Å². The monoisotopic (exact) mass is 452 g/mol. The molecule has 0 aliphatic heterocycles. The third kappa shape index (κ3) is 4.72. The zero-order valence-electron chi connectivity index (χ0n) is 14.0. The lowest BCUT2D eigenvalue weighted by Gasteiger charge is -2.13. The first-order valence-corrected chi connectivity index (χ1v) is 8.73. The minimum atomic E-state index is -3.03. The molecule has 0 aliphatic rings. The summed E-state index contributed by atoms with van der Waals surface area (Å²) in [6.07, 6.45) is 0. The Morgan fingerprint density at radius 2 is 2.15 bits per heavy atom. The molecule has 10 heteroatoms. The van der Waals surface area contributed by atoms with Gasteiger partial charge in [-0.3, -0.25) is 4.68 Å². The van der Waals surface area contributed by atoms with Crippen molar-refractivity contribution in [2.24, 2.45) is 0 Å². The van der Waals surface area contributed by atoms with Crippen LogP contribution in [0.3, 0.4) is 0 Å². The third-order valence-corrected chi connectivity index (χ3v) is 4.14. The summed E-state index contributed by atoms with van der Waals surface area (Å²) in [6, 6.07) is 4.57. The van der Waals surface area contributed by atoms with Gasteiger partial charge in [-0.2, -0.15) is 13.9 Å². The molecule has 2 rings (SSSR count). The molecular formula is C16H16BrClF2N2O4. The molecule has 0 N–H and O–H groups in total. The van der Waals surface area contributed by atoms with Crippen LogP contribution < -0.4 is 4.74 Å². The highest BCUT2D eigenvalue weighted by Gasteiger charge is 2.26. The second-order valence-corrected chi connectivity index (χ2v) is 6.26. The summed E-state index contributed by atoms with van der Waals surface area (Å²) < 4.78 is 42.1. The maximum atomic E-state index is 12.8. The zero-order chi connectivity index (χ0) is 19.3. The molecule has 1 heterocycles. The van der Waals surface area contributed by atoms with Crippen LogP contribution in [0.25, 0.3) is 11.3 Å². The van der Waals surface area contributed by atoms with E-state index in [4.69, 9.17) is 21.1 Å². The minimum Gasteiger partial charge on any atom is -0.461 e. The van der Waals surface area contributed by atoms with E-state index in [1.807, 2.05) is 0 Å². The van der Waals surface area contributed by atoms with E-state index in [0.717, 1.165) is 0 Å². The summed E-state index contributed by atoms with van der Waals surface area (Å²) in [5, 5.41) is 4.15. The fourth-order valence-electron chi connectivity index (χ4n) is 2.25. The molecule has 1 aromatic heterocycles. The molecule has 0 saturated carbocycles. The van der Waals surface area contributed by atoms with Gasteiger partial charge in [-0.05, 0) is 25.1 Å². The van der Waals surface area contributed by atoms with Gasteiger partial charge in [0, 0.05) is 17.1 Å². The molecule has 0 fully saturated rings. The topological polar surface area (TPSA) is 62.6 Å². The first-order valence-electron chi connectivity index (χ1n) is 7.56. The molecule has 6 nitrogen and oxygen atoms in total. The quantitative estimate of drug-likeness (QED) is 0.555. The lowest BCUT2D eigenvalue weighted by atomic mass is 10.1. The van der Waals surface area contributed by atoms with E-state index in [-0.39, 0.29) is 47.5 Å². The molecule has 142 valence electrons. The highest BCUT2D eigenvalue weighted by atomic mass is 79.9. The Kier molecular flexibility index (Phi) is 7.36. The number of halogens is 4. The molecular weight excluding hydrogens is 438 g/mol. The summed E-state index contributed by atoms with van der Waals surface area (Å²) in [5.41, 5.74) is 0.415. The largest absolute Gasteiger partial charge is 0.461 e. The maximum Gasteiger partial charge on any atom is 0.387 e. The molecule has 0 saturated heterocycles. The van der Waals surface area contributed by atoms with Gasteiger partial charge in [0.1, 0.15) is 10.8 Å². The Morgan fingerprint density at radius 3 is 2.77 bits per heavy atom. The van der Waals surface area contributed by atoms with E-state index in [1.165, 1.54) is 17.9 Å². The van der Waals surface area contributed by atoms with E-state index >= 15 is 0 Å². The summed E-state index contributed by atoms with van der Waals surface area (Å²) in [4.78, 5) is 12.1. The number of hydrogen-bond acceptors (Lipinski definition) is 5. The Balaban J connectivity index is 2.61. The first kappa shape index (κ1) is 20.6. The van der Waals surface area contributed by atoms with Crippen molar-refractivity contribution in [1.29, 1.82) is 0 Å². The SMILES string of the molecule is CCOC(=O)c1nn(CCOC)c(-c2ccc(Br)cc2OC(F)F)c1Cl. The number of alkyl halides is 2. The number of methoxy groups -OCH3 is 1. The van der Waals surface area contributed by atoms with Crippen LogP contribution in [-0.2, 0) is 16.0 Å². The van der Waals surface area contributed by atoms with Crippen molar-refractivity contribution in [2.75, 3.05) is 20.3 Å². The van der Waals surface area contributed by atoms with Crippen molar-refractivity contribution in [3.63, 3.8) is 0 Å². The molecule has 0 unspecified atom stereocenters. The summed E-state index contributed by atoms with van der Waals surface area (Å²) in [7, 11) is 1.50. The van der Waals surface area contributed by atoms with Crippen LogP contribution >= 0.6 is 27.5 Å². The van der Waals surface area contributed by atoms with Crippen LogP contribution in [0.2, 0.25) is 5.02 Å². The third-order valence-electron chi connectivity index (χ3n) is 3.29. The van der Waals surface area contributed by atoms with E-state index in [0.29, 0.717) is 4.47 Å². The van der Waals surface area contributed by atoms with Gasteiger partial charge >= 0.3 is 12.6 Å². The standard InChI is InChI=1S/C16H16BrClF2N2O4/c1-3-25-15(23)13-12(18)14(22(21-13)6-7-24-2)10-5-4-9(17)8-11(10)26-16(19)20/h4-5,8,16H,3,6-7H2,1-2H3. The van der Waals surface area contributed by atoms with Gasteiger partial charge < -0.3 is 14.2 Å². The summed E-state index contributed by atoms with van der Waals surface area (Å²) in [6.45, 7) is -0.711. The van der Waals surface area contributed by atoms with E-state index in [1.54, 1.807) is 19.1 Å². The van der Waals surface area contributed by atoms with Crippen LogP contribution in [0, 0.1) is 0 Å².